The lowest BCUT2D eigenvalue weighted by molar-refractivity contribution is -0.115. The van der Waals surface area contributed by atoms with Gasteiger partial charge in [-0.1, -0.05) is 23.7 Å². The van der Waals surface area contributed by atoms with Gasteiger partial charge in [-0.3, -0.25) is 4.79 Å². The molecule has 0 aliphatic heterocycles. The van der Waals surface area contributed by atoms with Gasteiger partial charge in [0.25, 0.3) is 0 Å². The van der Waals surface area contributed by atoms with Gasteiger partial charge in [-0.15, -0.1) is 0 Å². The summed E-state index contributed by atoms with van der Waals surface area (Å²) < 4.78 is 19.0. The Morgan fingerprint density at radius 3 is 2.38 bits per heavy atom. The van der Waals surface area contributed by atoms with Crippen molar-refractivity contribution in [2.45, 2.75) is 17.5 Å². The van der Waals surface area contributed by atoms with Gasteiger partial charge >= 0.3 is 0 Å². The molecule has 0 N–H and O–H groups in total. The average Bonchev–Trinajstić information content (AvgIpc) is 2.50. The number of hydrogen-bond acceptors (Lipinski definition) is 3. The summed E-state index contributed by atoms with van der Waals surface area (Å²) >= 11 is 6.67. The topological polar surface area (TPSA) is 26.3 Å². The summed E-state index contributed by atoms with van der Waals surface area (Å²) in [5.41, 5.74) is 0.746. The van der Waals surface area contributed by atoms with Gasteiger partial charge in [-0.05, 0) is 53.7 Å². The van der Waals surface area contributed by atoms with Crippen molar-refractivity contribution in [1.29, 1.82) is 0 Å². The van der Waals surface area contributed by atoms with Crippen LogP contribution in [0, 0.1) is 0 Å². The second-order valence-corrected chi connectivity index (χ2v) is 5.91. The molecule has 110 valence electrons. The van der Waals surface area contributed by atoms with Crippen molar-refractivity contribution >= 4 is 28.5 Å². The Morgan fingerprint density at radius 2 is 1.81 bits per heavy atom. The molecule has 21 heavy (non-hydrogen) atoms. The van der Waals surface area contributed by atoms with E-state index in [1.54, 1.807) is 55.6 Å². The lowest BCUT2D eigenvalue weighted by Gasteiger charge is -2.08. The average molecular weight is 325 g/mol. The molecule has 0 heterocycles. The molecule has 2 rings (SSSR count). The fraction of sp³-hybridized carbons (Fsp3) is 0.188. The summed E-state index contributed by atoms with van der Waals surface area (Å²) in [6.45, 7) is 0. The highest BCUT2D eigenvalue weighted by atomic mass is 35.5. The fourth-order valence-corrected chi connectivity index (χ4v) is 2.58. The molecule has 0 aliphatic rings. The second-order valence-electron chi connectivity index (χ2n) is 4.39. The van der Waals surface area contributed by atoms with Crippen LogP contribution in [0.2, 0.25) is 5.02 Å². The van der Waals surface area contributed by atoms with E-state index in [4.69, 9.17) is 16.3 Å². The van der Waals surface area contributed by atoms with Crippen LogP contribution in [-0.4, -0.2) is 18.4 Å². The number of carbonyl (C=O) groups is 1. The predicted octanol–water partition coefficient (Wildman–Crippen LogP) is 4.55. The van der Waals surface area contributed by atoms with E-state index in [1.807, 2.05) is 0 Å². The first-order chi connectivity index (χ1) is 10.1. The molecule has 0 saturated heterocycles. The molecule has 2 nitrogen and oxygen atoms in total. The molecule has 5 heteroatoms. The Bertz CT molecular complexity index is 599. The third-order valence-corrected chi connectivity index (χ3v) is 4.08. The molecule has 1 unspecified atom stereocenters. The molecular formula is C16H14ClFO2S. The molecule has 0 spiro atoms. The predicted molar refractivity (Wildman–Crippen MR) is 83.9 cm³/mol. The molecule has 0 aromatic heterocycles. The van der Waals surface area contributed by atoms with Gasteiger partial charge < -0.3 is 4.74 Å². The van der Waals surface area contributed by atoms with E-state index < -0.39 is 11.3 Å². The highest BCUT2D eigenvalue weighted by Crippen LogP contribution is 2.25. The Balaban J connectivity index is 1.93. The van der Waals surface area contributed by atoms with E-state index in [0.717, 1.165) is 17.3 Å². The molecular weight excluding hydrogens is 311 g/mol. The molecule has 2 aromatic carbocycles. The van der Waals surface area contributed by atoms with E-state index in [1.165, 1.54) is 0 Å². The van der Waals surface area contributed by atoms with Gasteiger partial charge in [0.1, 0.15) is 5.75 Å². The zero-order valence-electron chi connectivity index (χ0n) is 11.4. The number of methoxy groups -OCH3 is 1. The Labute approximate surface area is 132 Å². The van der Waals surface area contributed by atoms with Crippen molar-refractivity contribution in [1.82, 2.24) is 0 Å². The van der Waals surface area contributed by atoms with Gasteiger partial charge in [0.05, 0.1) is 7.11 Å². The molecule has 0 saturated carbocycles. The van der Waals surface area contributed by atoms with Gasteiger partial charge in [0.2, 0.25) is 5.12 Å². The zero-order chi connectivity index (χ0) is 15.2. The molecule has 2 aromatic rings. The van der Waals surface area contributed by atoms with Crippen molar-refractivity contribution in [3.8, 4) is 5.75 Å². The van der Waals surface area contributed by atoms with E-state index >= 15 is 0 Å². The summed E-state index contributed by atoms with van der Waals surface area (Å²) in [5, 5.41) is 0.0863. The van der Waals surface area contributed by atoms with E-state index in [2.05, 4.69) is 0 Å². The minimum absolute atomic E-state index is 0.0547. The van der Waals surface area contributed by atoms with Gasteiger partial charge in [0.15, 0.2) is 6.17 Å². The van der Waals surface area contributed by atoms with Gasteiger partial charge in [0, 0.05) is 16.3 Å². The lowest BCUT2D eigenvalue weighted by atomic mass is 10.1. The van der Waals surface area contributed by atoms with Crippen molar-refractivity contribution in [2.24, 2.45) is 0 Å². The standard InChI is InChI=1S/C16H14ClFO2S/c1-20-13-6-8-14(9-7-13)21-16(19)15(18)10-11-2-4-12(17)5-3-11/h2-9,15H,10H2,1H3. The van der Waals surface area contributed by atoms with Crippen LogP contribution in [0.15, 0.2) is 53.4 Å². The van der Waals surface area contributed by atoms with Crippen molar-refractivity contribution in [2.75, 3.05) is 7.11 Å². The number of halogens is 2. The summed E-state index contributed by atoms with van der Waals surface area (Å²) in [5.74, 6) is 0.699. The van der Waals surface area contributed by atoms with E-state index in [9.17, 15) is 9.18 Å². The summed E-state index contributed by atoms with van der Waals surface area (Å²) in [7, 11) is 1.57. The maximum absolute atomic E-state index is 14.0. The SMILES string of the molecule is COc1ccc(SC(=O)C(F)Cc2ccc(Cl)cc2)cc1. The first-order valence-corrected chi connectivity index (χ1v) is 7.52. The quantitative estimate of drug-likeness (QED) is 0.755. The van der Waals surface area contributed by atoms with Crippen molar-refractivity contribution in [3.63, 3.8) is 0 Å². The second kappa shape index (κ2) is 7.48. The minimum Gasteiger partial charge on any atom is -0.497 e. The number of benzene rings is 2. The first kappa shape index (κ1) is 15.9. The Kier molecular flexibility index (Phi) is 5.65. The van der Waals surface area contributed by atoms with Crippen LogP contribution in [0.4, 0.5) is 4.39 Å². The zero-order valence-corrected chi connectivity index (χ0v) is 13.0. The smallest absolute Gasteiger partial charge is 0.228 e. The van der Waals surface area contributed by atoms with Crippen molar-refractivity contribution in [3.05, 3.63) is 59.1 Å². The first-order valence-electron chi connectivity index (χ1n) is 6.33. The minimum atomic E-state index is -1.54. The molecule has 0 bridgehead atoms. The third-order valence-electron chi connectivity index (χ3n) is 2.86. The van der Waals surface area contributed by atoms with Gasteiger partial charge in [-0.2, -0.15) is 0 Å². The maximum atomic E-state index is 14.0. The van der Waals surface area contributed by atoms with Crippen LogP contribution >= 0.6 is 23.4 Å². The number of rotatable bonds is 5. The number of thioether (sulfide) groups is 1. The summed E-state index contributed by atoms with van der Waals surface area (Å²) in [4.78, 5) is 12.6. The number of hydrogen-bond donors (Lipinski definition) is 0. The van der Waals surface area contributed by atoms with Crippen LogP contribution in [0.1, 0.15) is 5.56 Å². The fourth-order valence-electron chi connectivity index (χ4n) is 1.73. The van der Waals surface area contributed by atoms with Crippen LogP contribution in [0.25, 0.3) is 0 Å². The molecule has 0 radical (unpaired) electrons. The number of carbonyl (C=O) groups excluding carboxylic acids is 1. The third kappa shape index (κ3) is 4.76. The van der Waals surface area contributed by atoms with Crippen LogP contribution in [0.5, 0.6) is 5.75 Å². The van der Waals surface area contributed by atoms with E-state index in [0.29, 0.717) is 15.7 Å². The number of alkyl halides is 1. The van der Waals surface area contributed by atoms with Crippen LogP contribution in [-0.2, 0) is 11.2 Å². The lowest BCUT2D eigenvalue weighted by Crippen LogP contribution is -2.14. The molecule has 1 atom stereocenters. The molecule has 0 fully saturated rings. The Hall–Kier alpha value is -1.52. The monoisotopic (exact) mass is 324 g/mol. The van der Waals surface area contributed by atoms with Crippen LogP contribution in [0.3, 0.4) is 0 Å². The molecule has 0 aliphatic carbocycles. The largest absolute Gasteiger partial charge is 0.497 e. The summed E-state index contributed by atoms with van der Waals surface area (Å²) in [6.07, 6.45) is -1.49. The van der Waals surface area contributed by atoms with Crippen molar-refractivity contribution < 1.29 is 13.9 Å². The van der Waals surface area contributed by atoms with Crippen LogP contribution < -0.4 is 4.74 Å². The summed E-state index contributed by atoms with van der Waals surface area (Å²) in [6, 6.07) is 13.8. The number of ether oxygens (including phenoxy) is 1. The maximum Gasteiger partial charge on any atom is 0.228 e. The van der Waals surface area contributed by atoms with E-state index in [-0.39, 0.29) is 6.42 Å². The highest BCUT2D eigenvalue weighted by Gasteiger charge is 2.19. The normalized spacial score (nSPS) is 12.0. The molecule has 0 amide bonds. The Morgan fingerprint density at radius 1 is 1.19 bits per heavy atom. The van der Waals surface area contributed by atoms with Gasteiger partial charge in [-0.25, -0.2) is 4.39 Å². The highest BCUT2D eigenvalue weighted by molar-refractivity contribution is 8.13.